The maximum Gasteiger partial charge on any atom is 0.130 e. The van der Waals surface area contributed by atoms with Crippen LogP contribution < -0.4 is 11.1 Å². The molecule has 0 amide bonds. The first-order chi connectivity index (χ1) is 5.84. The Morgan fingerprint density at radius 2 is 2.50 bits per heavy atom. The number of anilines is 1. The predicted molar refractivity (Wildman–Crippen MR) is 49.1 cm³/mol. The second-order valence-electron chi connectivity index (χ2n) is 3.20. The molecule has 1 aromatic rings. The molecule has 2 unspecified atom stereocenters. The number of nitrogens with two attached hydrogens (primary N) is 1. The molecule has 2 atom stereocenters. The third-order valence-corrected chi connectivity index (χ3v) is 2.78. The molecule has 1 aromatic heterocycles. The molecule has 4 nitrogen and oxygen atoms in total. The van der Waals surface area contributed by atoms with Gasteiger partial charge in [0.1, 0.15) is 5.00 Å². The zero-order valence-corrected chi connectivity index (χ0v) is 7.55. The molecule has 0 saturated heterocycles. The summed E-state index contributed by atoms with van der Waals surface area (Å²) < 4.78 is 3.78. The zero-order chi connectivity index (χ0) is 8.39. The molecular formula is C7H12N4S. The van der Waals surface area contributed by atoms with Gasteiger partial charge in [-0.05, 0) is 19.3 Å². The fourth-order valence-electron chi connectivity index (χ4n) is 1.58. The third kappa shape index (κ3) is 1.73. The van der Waals surface area contributed by atoms with Gasteiger partial charge in [-0.3, -0.25) is 0 Å². The monoisotopic (exact) mass is 184 g/mol. The van der Waals surface area contributed by atoms with E-state index in [1.807, 2.05) is 0 Å². The van der Waals surface area contributed by atoms with E-state index in [2.05, 4.69) is 14.9 Å². The van der Waals surface area contributed by atoms with Gasteiger partial charge in [-0.2, -0.15) is 0 Å². The van der Waals surface area contributed by atoms with E-state index >= 15 is 0 Å². The normalized spacial score (nSPS) is 29.1. The first-order valence-corrected chi connectivity index (χ1v) is 4.91. The second-order valence-corrected chi connectivity index (χ2v) is 3.98. The van der Waals surface area contributed by atoms with Gasteiger partial charge in [-0.25, -0.2) is 0 Å². The van der Waals surface area contributed by atoms with Gasteiger partial charge in [-0.1, -0.05) is 4.49 Å². The van der Waals surface area contributed by atoms with Crippen LogP contribution in [0.1, 0.15) is 19.3 Å². The van der Waals surface area contributed by atoms with Crippen molar-refractivity contribution in [2.75, 3.05) is 5.32 Å². The summed E-state index contributed by atoms with van der Waals surface area (Å²) in [7, 11) is 0. The molecule has 0 aromatic carbocycles. The summed E-state index contributed by atoms with van der Waals surface area (Å²) in [6.45, 7) is 0. The molecule has 5 heteroatoms. The Kier molecular flexibility index (Phi) is 2.23. The van der Waals surface area contributed by atoms with Crippen LogP contribution in [0, 0.1) is 0 Å². The van der Waals surface area contributed by atoms with Crippen molar-refractivity contribution in [3.05, 3.63) is 6.20 Å². The van der Waals surface area contributed by atoms with Crippen LogP contribution in [0.4, 0.5) is 5.00 Å². The lowest BCUT2D eigenvalue weighted by molar-refractivity contribution is 0.688. The van der Waals surface area contributed by atoms with Crippen LogP contribution in [0.5, 0.6) is 0 Å². The van der Waals surface area contributed by atoms with Crippen molar-refractivity contribution < 1.29 is 0 Å². The molecule has 1 aliphatic rings. The first-order valence-electron chi connectivity index (χ1n) is 4.14. The van der Waals surface area contributed by atoms with Crippen LogP contribution in [-0.4, -0.2) is 21.7 Å². The maximum atomic E-state index is 5.79. The highest BCUT2D eigenvalue weighted by molar-refractivity contribution is 7.09. The van der Waals surface area contributed by atoms with Crippen molar-refractivity contribution in [1.82, 2.24) is 9.59 Å². The van der Waals surface area contributed by atoms with Crippen LogP contribution >= 0.6 is 11.5 Å². The number of rotatable bonds is 2. The van der Waals surface area contributed by atoms with Gasteiger partial charge < -0.3 is 11.1 Å². The van der Waals surface area contributed by atoms with Crippen molar-refractivity contribution in [2.45, 2.75) is 31.3 Å². The summed E-state index contributed by atoms with van der Waals surface area (Å²) in [4.78, 5) is 0. The Balaban J connectivity index is 1.88. The number of aromatic nitrogens is 2. The average Bonchev–Trinajstić information content (AvgIpc) is 2.63. The summed E-state index contributed by atoms with van der Waals surface area (Å²) in [5, 5.41) is 8.17. The van der Waals surface area contributed by atoms with Gasteiger partial charge in [0.15, 0.2) is 0 Å². The number of hydrogen-bond donors (Lipinski definition) is 2. The Labute approximate surface area is 75.3 Å². The van der Waals surface area contributed by atoms with E-state index in [1.54, 1.807) is 6.20 Å². The molecule has 66 valence electrons. The van der Waals surface area contributed by atoms with E-state index in [1.165, 1.54) is 18.0 Å². The first kappa shape index (κ1) is 7.94. The van der Waals surface area contributed by atoms with Crippen molar-refractivity contribution in [3.8, 4) is 0 Å². The molecular weight excluding hydrogens is 172 g/mol. The Morgan fingerprint density at radius 3 is 3.08 bits per heavy atom. The van der Waals surface area contributed by atoms with Gasteiger partial charge in [0, 0.05) is 23.6 Å². The van der Waals surface area contributed by atoms with Crippen LogP contribution in [0.2, 0.25) is 0 Å². The molecule has 1 aliphatic carbocycles. The molecule has 3 N–H and O–H groups in total. The fraction of sp³-hybridized carbons (Fsp3) is 0.714. The predicted octanol–water partition coefficient (Wildman–Crippen LogP) is 0.830. The van der Waals surface area contributed by atoms with Gasteiger partial charge >= 0.3 is 0 Å². The zero-order valence-electron chi connectivity index (χ0n) is 6.73. The SMILES string of the molecule is NC1CCC(Nc2cnns2)C1. The smallest absolute Gasteiger partial charge is 0.130 e. The van der Waals surface area contributed by atoms with Gasteiger partial charge in [0.05, 0.1) is 6.20 Å². The average molecular weight is 184 g/mol. The Morgan fingerprint density at radius 1 is 1.58 bits per heavy atom. The third-order valence-electron chi connectivity index (χ3n) is 2.18. The molecule has 1 fully saturated rings. The van der Waals surface area contributed by atoms with Crippen molar-refractivity contribution >= 4 is 16.5 Å². The van der Waals surface area contributed by atoms with E-state index in [-0.39, 0.29) is 0 Å². The van der Waals surface area contributed by atoms with Crippen molar-refractivity contribution in [3.63, 3.8) is 0 Å². The lowest BCUT2D eigenvalue weighted by atomic mass is 10.2. The highest BCUT2D eigenvalue weighted by atomic mass is 32.1. The fourth-order valence-corrected chi connectivity index (χ4v) is 2.08. The van der Waals surface area contributed by atoms with Crippen molar-refractivity contribution in [2.24, 2.45) is 5.73 Å². The molecule has 0 aliphatic heterocycles. The molecule has 2 rings (SSSR count). The summed E-state index contributed by atoms with van der Waals surface area (Å²) in [5.74, 6) is 0. The van der Waals surface area contributed by atoms with E-state index in [4.69, 9.17) is 5.73 Å². The maximum absolute atomic E-state index is 5.79. The minimum Gasteiger partial charge on any atom is -0.372 e. The summed E-state index contributed by atoms with van der Waals surface area (Å²) in [6.07, 6.45) is 5.12. The van der Waals surface area contributed by atoms with Crippen LogP contribution in [0.15, 0.2) is 6.20 Å². The highest BCUT2D eigenvalue weighted by Crippen LogP contribution is 2.22. The lowest BCUT2D eigenvalue weighted by Crippen LogP contribution is -2.20. The van der Waals surface area contributed by atoms with Gasteiger partial charge in [-0.15, -0.1) is 5.10 Å². The van der Waals surface area contributed by atoms with E-state index in [9.17, 15) is 0 Å². The molecule has 0 spiro atoms. The molecule has 0 bridgehead atoms. The van der Waals surface area contributed by atoms with Crippen LogP contribution in [-0.2, 0) is 0 Å². The molecule has 1 saturated carbocycles. The highest BCUT2D eigenvalue weighted by Gasteiger charge is 2.21. The van der Waals surface area contributed by atoms with E-state index in [0.717, 1.165) is 17.8 Å². The van der Waals surface area contributed by atoms with Crippen LogP contribution in [0.3, 0.4) is 0 Å². The summed E-state index contributed by atoms with van der Waals surface area (Å²) in [6, 6.07) is 0.908. The minimum atomic E-state index is 0.378. The number of nitrogens with one attached hydrogen (secondary N) is 1. The second kappa shape index (κ2) is 3.37. The largest absolute Gasteiger partial charge is 0.372 e. The summed E-state index contributed by atoms with van der Waals surface area (Å²) >= 11 is 1.40. The molecule has 12 heavy (non-hydrogen) atoms. The van der Waals surface area contributed by atoms with E-state index in [0.29, 0.717) is 12.1 Å². The number of nitrogens with zero attached hydrogens (tertiary/aromatic N) is 2. The minimum absolute atomic E-state index is 0.378. The molecule has 1 heterocycles. The lowest BCUT2D eigenvalue weighted by Gasteiger charge is -2.09. The summed E-state index contributed by atoms with van der Waals surface area (Å²) in [5.41, 5.74) is 5.79. The topological polar surface area (TPSA) is 63.8 Å². The Bertz CT molecular complexity index is 236. The van der Waals surface area contributed by atoms with E-state index < -0.39 is 0 Å². The molecule has 0 radical (unpaired) electrons. The van der Waals surface area contributed by atoms with Crippen molar-refractivity contribution in [1.29, 1.82) is 0 Å². The standard InChI is InChI=1S/C7H12N4S/c8-5-1-2-6(3-5)10-7-4-9-11-12-7/h4-6,10H,1-3,8H2. The number of hydrogen-bond acceptors (Lipinski definition) is 5. The van der Waals surface area contributed by atoms with Crippen LogP contribution in [0.25, 0.3) is 0 Å². The Hall–Kier alpha value is -0.680. The van der Waals surface area contributed by atoms with Gasteiger partial charge in [0.25, 0.3) is 0 Å². The quantitative estimate of drug-likeness (QED) is 0.714. The van der Waals surface area contributed by atoms with Gasteiger partial charge in [0.2, 0.25) is 0 Å².